The van der Waals surface area contributed by atoms with Crippen molar-refractivity contribution in [3.8, 4) is 22.6 Å². The molecule has 2 heterocycles. The van der Waals surface area contributed by atoms with Crippen molar-refractivity contribution in [1.82, 2.24) is 0 Å². The summed E-state index contributed by atoms with van der Waals surface area (Å²) in [6, 6.07) is 9.11. The molecule has 1 fully saturated rings. The summed E-state index contributed by atoms with van der Waals surface area (Å²) in [6.45, 7) is 8.13. The van der Waals surface area contributed by atoms with Gasteiger partial charge in [0, 0.05) is 32.1 Å². The summed E-state index contributed by atoms with van der Waals surface area (Å²) in [5, 5.41) is 10.1. The first-order chi connectivity index (χ1) is 31.8. The lowest BCUT2D eigenvalue weighted by Gasteiger charge is -2.45. The van der Waals surface area contributed by atoms with Crippen molar-refractivity contribution in [2.24, 2.45) is 0 Å². The van der Waals surface area contributed by atoms with Crippen molar-refractivity contribution < 1.29 is 71.5 Å². The van der Waals surface area contributed by atoms with E-state index in [0.717, 1.165) is 6.42 Å². The largest absolute Gasteiger partial charge is 0.491 e. The van der Waals surface area contributed by atoms with Crippen molar-refractivity contribution >= 4 is 40.8 Å². The summed E-state index contributed by atoms with van der Waals surface area (Å²) >= 11 is 0. The van der Waals surface area contributed by atoms with Crippen LogP contribution in [0.4, 0.5) is 0 Å². The van der Waals surface area contributed by atoms with Gasteiger partial charge >= 0.3 is 29.8 Å². The third-order valence-corrected chi connectivity index (χ3v) is 10.7. The number of hydrogen-bond acceptors (Lipinski definition) is 17. The summed E-state index contributed by atoms with van der Waals surface area (Å²) in [5.41, 5.74) is -0.132. The molecular weight excluding hydrogens is 863 g/mol. The maximum Gasteiger partial charge on any atom is 0.311 e. The third-order valence-electron chi connectivity index (χ3n) is 10.7. The molecule has 5 atom stereocenters. The number of benzene rings is 2. The van der Waals surface area contributed by atoms with Crippen LogP contribution in [0.3, 0.4) is 0 Å². The van der Waals surface area contributed by atoms with Crippen molar-refractivity contribution in [1.29, 1.82) is 0 Å². The molecule has 2 aromatic carbocycles. The van der Waals surface area contributed by atoms with Gasteiger partial charge in [-0.2, -0.15) is 0 Å². The molecule has 4 rings (SSSR count). The van der Waals surface area contributed by atoms with Crippen LogP contribution in [0.2, 0.25) is 0 Å². The van der Waals surface area contributed by atoms with Crippen LogP contribution in [0, 0.1) is 10.1 Å². The summed E-state index contributed by atoms with van der Waals surface area (Å²) in [6.07, 6.45) is -0.0924. The average Bonchev–Trinajstić information content (AvgIpc) is 3.30. The van der Waals surface area contributed by atoms with Gasteiger partial charge in [0.25, 0.3) is 5.09 Å². The third kappa shape index (κ3) is 15.6. The SMILES string of the molecule is CCCCC(=O)OC[C@H]1O[C@@H](c2c(OCCO[N+](=O)[O-])ccc3c(=O)c(-c4ccc(OC(=O)CCCC)cc4)coc23)[C@H](OC(=O)CCCC)[C@@H](OC(=O)CCCC)[C@@H]1OC(=O)CCCC. The van der Waals surface area contributed by atoms with Crippen molar-refractivity contribution in [2.75, 3.05) is 19.8 Å². The van der Waals surface area contributed by atoms with Crippen molar-refractivity contribution in [3.63, 3.8) is 0 Å². The van der Waals surface area contributed by atoms with E-state index < -0.39 is 84.7 Å². The van der Waals surface area contributed by atoms with E-state index in [9.17, 15) is 38.9 Å². The normalized spacial score (nSPS) is 17.9. The predicted molar refractivity (Wildman–Crippen MR) is 238 cm³/mol. The molecule has 18 nitrogen and oxygen atoms in total. The minimum absolute atomic E-state index is 0.00160. The number of hydrogen-bond donors (Lipinski definition) is 0. The van der Waals surface area contributed by atoms with Gasteiger partial charge in [0.1, 0.15) is 55.4 Å². The molecule has 0 spiro atoms. The number of ether oxygens (including phenoxy) is 7. The van der Waals surface area contributed by atoms with E-state index in [-0.39, 0.29) is 71.7 Å². The zero-order valence-corrected chi connectivity index (χ0v) is 38.5. The summed E-state index contributed by atoms with van der Waals surface area (Å²) < 4.78 is 48.5. The van der Waals surface area contributed by atoms with Crippen molar-refractivity contribution in [3.05, 3.63) is 68.6 Å². The second-order valence-corrected chi connectivity index (χ2v) is 15.9. The summed E-state index contributed by atoms with van der Waals surface area (Å²) in [4.78, 5) is 96.1. The number of rotatable bonds is 28. The van der Waals surface area contributed by atoms with E-state index in [0.29, 0.717) is 63.4 Å². The number of fused-ring (bicyclic) bond motifs is 1. The van der Waals surface area contributed by atoms with Crippen LogP contribution < -0.4 is 14.9 Å². The van der Waals surface area contributed by atoms with Crippen molar-refractivity contribution in [2.45, 2.75) is 161 Å². The fourth-order valence-electron chi connectivity index (χ4n) is 7.12. The first-order valence-electron chi connectivity index (χ1n) is 23.0. The first-order valence-corrected chi connectivity index (χ1v) is 23.0. The number of unbranched alkanes of at least 4 members (excludes halogenated alkanes) is 5. The molecule has 0 aliphatic carbocycles. The second-order valence-electron chi connectivity index (χ2n) is 15.9. The van der Waals surface area contributed by atoms with Gasteiger partial charge in [0.05, 0.1) is 16.5 Å². The monoisotopic (exact) mass is 925 g/mol. The Labute approximate surface area is 383 Å². The van der Waals surface area contributed by atoms with E-state index in [1.54, 1.807) is 24.3 Å². The van der Waals surface area contributed by atoms with E-state index >= 15 is 0 Å². The van der Waals surface area contributed by atoms with Crippen LogP contribution in [0.15, 0.2) is 51.9 Å². The van der Waals surface area contributed by atoms with Gasteiger partial charge in [0.2, 0.25) is 5.43 Å². The summed E-state index contributed by atoms with van der Waals surface area (Å²) in [7, 11) is 0. The highest BCUT2D eigenvalue weighted by atomic mass is 17.0. The lowest BCUT2D eigenvalue weighted by Crippen LogP contribution is -2.60. The van der Waals surface area contributed by atoms with Crippen LogP contribution in [-0.2, 0) is 52.5 Å². The van der Waals surface area contributed by atoms with Gasteiger partial charge in [-0.05, 0) is 61.9 Å². The number of carbonyl (C=O) groups excluding carboxylic acids is 5. The molecule has 362 valence electrons. The Morgan fingerprint density at radius 3 is 1.74 bits per heavy atom. The molecule has 3 aromatic rings. The predicted octanol–water partition coefficient (Wildman–Crippen LogP) is 8.62. The van der Waals surface area contributed by atoms with Gasteiger partial charge in [-0.15, -0.1) is 10.1 Å². The highest BCUT2D eigenvalue weighted by molar-refractivity contribution is 5.86. The quantitative estimate of drug-likeness (QED) is 0.0165. The summed E-state index contributed by atoms with van der Waals surface area (Å²) in [5.74, 6) is -2.80. The van der Waals surface area contributed by atoms with Gasteiger partial charge in [-0.25, -0.2) is 0 Å². The highest BCUT2D eigenvalue weighted by Gasteiger charge is 2.54. The Morgan fingerprint density at radius 1 is 0.652 bits per heavy atom. The maximum atomic E-state index is 14.5. The van der Waals surface area contributed by atoms with Gasteiger partial charge in [-0.1, -0.05) is 78.9 Å². The lowest BCUT2D eigenvalue weighted by molar-refractivity contribution is -0.757. The smallest absolute Gasteiger partial charge is 0.311 e. The molecule has 1 aromatic heterocycles. The van der Waals surface area contributed by atoms with Crippen LogP contribution in [0.1, 0.15) is 143 Å². The number of nitrogens with zero attached hydrogens (tertiary/aromatic N) is 1. The molecule has 0 amide bonds. The van der Waals surface area contributed by atoms with Gasteiger partial charge in [-0.3, -0.25) is 28.8 Å². The molecule has 0 saturated carbocycles. The molecule has 66 heavy (non-hydrogen) atoms. The topological polar surface area (TPSA) is 233 Å². The Hall–Kier alpha value is -6.04. The lowest BCUT2D eigenvalue weighted by atomic mass is 9.88. The molecule has 1 aliphatic rings. The molecule has 18 heteroatoms. The minimum atomic E-state index is -1.60. The Morgan fingerprint density at radius 2 is 1.18 bits per heavy atom. The molecule has 0 unspecified atom stereocenters. The number of carbonyl (C=O) groups is 5. The standard InChI is InChI=1S/C48H63NO17/c1-6-11-16-37(50)59-30-36-45(64-39(52)18-13-8-3)47(65-40(53)19-14-9-4)48(66-41(54)20-15-10-5)46(63-36)42-35(58-27-28-61-49(56)57)26-25-33-43(55)34(29-60-44(33)42)31-21-23-32(24-22-31)62-38(51)17-12-7-2/h21-26,29,36,45-48H,6-20,27-28,30H2,1-5H3/t36-,45-,46+,47+,48+/m1/s1. The molecule has 0 bridgehead atoms. The van der Waals surface area contributed by atoms with E-state index in [1.807, 2.05) is 34.6 Å². The van der Waals surface area contributed by atoms with Gasteiger partial charge in [0.15, 0.2) is 18.3 Å². The van der Waals surface area contributed by atoms with E-state index in [2.05, 4.69) is 4.84 Å². The number of esters is 5. The van der Waals surface area contributed by atoms with Crippen LogP contribution in [-0.4, -0.2) is 79.2 Å². The molecule has 1 saturated heterocycles. The Kier molecular flexibility index (Phi) is 21.9. The Balaban J connectivity index is 1.96. The Bertz CT molecular complexity index is 2130. The average molecular weight is 926 g/mol. The molecule has 0 N–H and O–H groups in total. The zero-order chi connectivity index (χ0) is 48.0. The van der Waals surface area contributed by atoms with E-state index in [1.165, 1.54) is 18.4 Å². The second kappa shape index (κ2) is 27.4. The zero-order valence-electron chi connectivity index (χ0n) is 38.5. The fraction of sp³-hybridized carbons (Fsp3) is 0.583. The first kappa shape index (κ1) is 52.6. The highest BCUT2D eigenvalue weighted by Crippen LogP contribution is 2.44. The molecule has 1 aliphatic heterocycles. The van der Waals surface area contributed by atoms with Crippen LogP contribution in [0.5, 0.6) is 11.5 Å². The van der Waals surface area contributed by atoms with E-state index in [4.69, 9.17) is 37.6 Å². The van der Waals surface area contributed by atoms with Crippen LogP contribution in [0.25, 0.3) is 22.1 Å². The fourth-order valence-corrected chi connectivity index (χ4v) is 7.12. The maximum absolute atomic E-state index is 14.5. The van der Waals surface area contributed by atoms with Gasteiger partial charge < -0.3 is 42.4 Å². The minimum Gasteiger partial charge on any atom is -0.491 e. The molecule has 0 radical (unpaired) electrons. The van der Waals surface area contributed by atoms with Crippen LogP contribution >= 0.6 is 0 Å². The molecular formula is C48H63NO17.